The Kier molecular flexibility index (Phi) is 8.66. The highest BCUT2D eigenvalue weighted by Crippen LogP contribution is 2.38. The van der Waals surface area contributed by atoms with E-state index in [0.717, 1.165) is 12.8 Å². The number of ether oxygens (including phenoxy) is 1. The lowest BCUT2D eigenvalue weighted by Crippen LogP contribution is -2.39. The molecule has 0 aromatic carbocycles. The summed E-state index contributed by atoms with van der Waals surface area (Å²) in [6, 6.07) is 0. The van der Waals surface area contributed by atoms with Crippen LogP contribution < -0.4 is 5.73 Å². The van der Waals surface area contributed by atoms with Crippen molar-refractivity contribution >= 4 is 18.3 Å². The summed E-state index contributed by atoms with van der Waals surface area (Å²) < 4.78 is 10.2. The molecular formula is C16H29ClN4O3. The predicted molar refractivity (Wildman–Crippen MR) is 92.8 cm³/mol. The van der Waals surface area contributed by atoms with Gasteiger partial charge in [-0.05, 0) is 24.8 Å². The van der Waals surface area contributed by atoms with Crippen molar-refractivity contribution < 1.29 is 14.1 Å². The van der Waals surface area contributed by atoms with Crippen LogP contribution in [0.3, 0.4) is 0 Å². The smallest absolute Gasteiger partial charge is 0.246 e. The molecular weight excluding hydrogens is 332 g/mol. The molecule has 24 heavy (non-hydrogen) atoms. The van der Waals surface area contributed by atoms with E-state index in [9.17, 15) is 4.79 Å². The van der Waals surface area contributed by atoms with Gasteiger partial charge in [0.15, 0.2) is 5.82 Å². The van der Waals surface area contributed by atoms with Gasteiger partial charge in [-0.3, -0.25) is 4.79 Å². The number of hydrogen-bond acceptors (Lipinski definition) is 6. The Morgan fingerprint density at radius 1 is 1.38 bits per heavy atom. The Hall–Kier alpha value is -1.18. The summed E-state index contributed by atoms with van der Waals surface area (Å²) >= 11 is 0. The van der Waals surface area contributed by atoms with Crippen molar-refractivity contribution in [3.05, 3.63) is 11.7 Å². The van der Waals surface area contributed by atoms with Crippen molar-refractivity contribution in [3.8, 4) is 0 Å². The molecule has 7 nitrogen and oxygen atoms in total. The number of hydrogen-bond donors (Lipinski definition) is 1. The molecule has 1 aliphatic carbocycles. The van der Waals surface area contributed by atoms with E-state index in [0.29, 0.717) is 44.3 Å². The minimum atomic E-state index is -0.0257. The first kappa shape index (κ1) is 20.9. The SMILES string of the molecule is COCCc1noc(CN(C)C(=O)CC2(CN)CCCCC2)n1.Cl. The van der Waals surface area contributed by atoms with E-state index in [2.05, 4.69) is 10.1 Å². The monoisotopic (exact) mass is 360 g/mol. The summed E-state index contributed by atoms with van der Waals surface area (Å²) in [7, 11) is 3.40. The Morgan fingerprint density at radius 2 is 2.08 bits per heavy atom. The van der Waals surface area contributed by atoms with Crippen molar-refractivity contribution in [2.45, 2.75) is 51.5 Å². The summed E-state index contributed by atoms with van der Waals surface area (Å²) in [5.41, 5.74) is 5.94. The van der Waals surface area contributed by atoms with Crippen LogP contribution in [0.2, 0.25) is 0 Å². The normalized spacial score (nSPS) is 16.5. The molecule has 1 amide bonds. The molecule has 0 spiro atoms. The molecule has 1 aliphatic rings. The number of carbonyl (C=O) groups excluding carboxylic acids is 1. The van der Waals surface area contributed by atoms with E-state index in [1.165, 1.54) is 19.3 Å². The maximum absolute atomic E-state index is 12.5. The first-order valence-corrected chi connectivity index (χ1v) is 8.33. The van der Waals surface area contributed by atoms with Crippen LogP contribution in [-0.2, 0) is 22.5 Å². The third-order valence-corrected chi connectivity index (χ3v) is 4.71. The van der Waals surface area contributed by atoms with Gasteiger partial charge in [-0.2, -0.15) is 4.98 Å². The third-order valence-electron chi connectivity index (χ3n) is 4.71. The van der Waals surface area contributed by atoms with E-state index in [1.54, 1.807) is 19.1 Å². The van der Waals surface area contributed by atoms with E-state index in [1.807, 2.05) is 0 Å². The Morgan fingerprint density at radius 3 is 2.71 bits per heavy atom. The average Bonchev–Trinajstić information content (AvgIpc) is 3.01. The maximum atomic E-state index is 12.5. The van der Waals surface area contributed by atoms with E-state index >= 15 is 0 Å². The zero-order chi connectivity index (χ0) is 16.7. The van der Waals surface area contributed by atoms with Crippen LogP contribution in [0.15, 0.2) is 4.52 Å². The van der Waals surface area contributed by atoms with Gasteiger partial charge in [0.05, 0.1) is 13.2 Å². The standard InChI is InChI=1S/C16H28N4O3.ClH/c1-20(11-14-18-13(19-23-14)6-9-22-2)15(21)10-16(12-17)7-4-3-5-8-16;/h3-12,17H2,1-2H3;1H. The average molecular weight is 361 g/mol. The number of nitrogens with two attached hydrogens (primary N) is 1. The zero-order valence-electron chi connectivity index (χ0n) is 14.6. The van der Waals surface area contributed by atoms with E-state index in [4.69, 9.17) is 15.0 Å². The highest BCUT2D eigenvalue weighted by Gasteiger charge is 2.34. The van der Waals surface area contributed by atoms with Crippen LogP contribution in [0.25, 0.3) is 0 Å². The topological polar surface area (TPSA) is 94.5 Å². The zero-order valence-corrected chi connectivity index (χ0v) is 15.4. The molecule has 0 aliphatic heterocycles. The molecule has 1 fully saturated rings. The first-order chi connectivity index (χ1) is 11.1. The van der Waals surface area contributed by atoms with Crippen LogP contribution in [0, 0.1) is 5.41 Å². The molecule has 0 atom stereocenters. The molecule has 2 rings (SSSR count). The Balaban J connectivity index is 0.00000288. The molecule has 2 N–H and O–H groups in total. The largest absolute Gasteiger partial charge is 0.384 e. The van der Waals surface area contributed by atoms with Gasteiger partial charge in [-0.15, -0.1) is 12.4 Å². The van der Waals surface area contributed by atoms with Crippen molar-refractivity contribution in [1.82, 2.24) is 15.0 Å². The second-order valence-electron chi connectivity index (χ2n) is 6.54. The third kappa shape index (κ3) is 5.72. The summed E-state index contributed by atoms with van der Waals surface area (Å²) in [6.45, 7) is 1.46. The van der Waals surface area contributed by atoms with E-state index in [-0.39, 0.29) is 23.7 Å². The minimum absolute atomic E-state index is 0. The fourth-order valence-corrected chi connectivity index (χ4v) is 3.15. The second kappa shape index (κ2) is 9.96. The number of halogens is 1. The number of nitrogens with zero attached hydrogens (tertiary/aromatic N) is 3. The number of amides is 1. The van der Waals surface area contributed by atoms with Crippen LogP contribution in [0.1, 0.15) is 50.2 Å². The van der Waals surface area contributed by atoms with Gasteiger partial charge in [0, 0.05) is 27.0 Å². The summed E-state index contributed by atoms with van der Waals surface area (Å²) in [4.78, 5) is 18.4. The molecule has 1 saturated carbocycles. The van der Waals surface area contributed by atoms with Gasteiger partial charge >= 0.3 is 0 Å². The number of methoxy groups -OCH3 is 1. The maximum Gasteiger partial charge on any atom is 0.246 e. The minimum Gasteiger partial charge on any atom is -0.384 e. The number of aromatic nitrogens is 2. The molecule has 0 bridgehead atoms. The van der Waals surface area contributed by atoms with Crippen LogP contribution >= 0.6 is 12.4 Å². The highest BCUT2D eigenvalue weighted by atomic mass is 35.5. The van der Waals surface area contributed by atoms with Gasteiger partial charge in [0.2, 0.25) is 11.8 Å². The summed E-state index contributed by atoms with van der Waals surface area (Å²) in [5.74, 6) is 1.15. The fraction of sp³-hybridized carbons (Fsp3) is 0.812. The van der Waals surface area contributed by atoms with Crippen molar-refractivity contribution in [3.63, 3.8) is 0 Å². The van der Waals surface area contributed by atoms with Crippen molar-refractivity contribution in [1.29, 1.82) is 0 Å². The molecule has 0 radical (unpaired) electrons. The lowest BCUT2D eigenvalue weighted by atomic mass is 9.71. The van der Waals surface area contributed by atoms with Gasteiger partial charge in [-0.1, -0.05) is 24.4 Å². The first-order valence-electron chi connectivity index (χ1n) is 8.33. The number of carbonyl (C=O) groups is 1. The van der Waals surface area contributed by atoms with Crippen molar-refractivity contribution in [2.75, 3.05) is 27.3 Å². The molecule has 0 unspecified atom stereocenters. The molecule has 8 heteroatoms. The molecule has 138 valence electrons. The summed E-state index contributed by atoms with van der Waals surface area (Å²) in [6.07, 6.45) is 6.79. The lowest BCUT2D eigenvalue weighted by molar-refractivity contribution is -0.133. The van der Waals surface area contributed by atoms with Crippen molar-refractivity contribution in [2.24, 2.45) is 11.1 Å². The Labute approximate surface area is 149 Å². The van der Waals surface area contributed by atoms with Gasteiger partial charge in [0.1, 0.15) is 0 Å². The molecule has 1 aromatic rings. The van der Waals surface area contributed by atoms with E-state index < -0.39 is 0 Å². The Bertz CT molecular complexity index is 503. The predicted octanol–water partition coefficient (Wildman–Crippen LogP) is 1.94. The highest BCUT2D eigenvalue weighted by molar-refractivity contribution is 5.85. The number of rotatable bonds is 8. The van der Waals surface area contributed by atoms with Gasteiger partial charge in [0.25, 0.3) is 0 Å². The molecule has 1 aromatic heterocycles. The molecule has 0 saturated heterocycles. The lowest BCUT2D eigenvalue weighted by Gasteiger charge is -2.36. The second-order valence-corrected chi connectivity index (χ2v) is 6.54. The van der Waals surface area contributed by atoms with Crippen LogP contribution in [0.5, 0.6) is 0 Å². The molecule has 1 heterocycles. The van der Waals surface area contributed by atoms with Crippen LogP contribution in [0.4, 0.5) is 0 Å². The summed E-state index contributed by atoms with van der Waals surface area (Å²) in [5, 5.41) is 3.89. The fourth-order valence-electron chi connectivity index (χ4n) is 3.15. The van der Waals surface area contributed by atoms with Gasteiger partial charge in [-0.25, -0.2) is 0 Å². The quantitative estimate of drug-likeness (QED) is 0.761. The van der Waals surface area contributed by atoms with Gasteiger partial charge < -0.3 is 19.9 Å². The van der Waals surface area contributed by atoms with Crippen LogP contribution in [-0.4, -0.2) is 48.3 Å².